The van der Waals surface area contributed by atoms with Crippen LogP contribution >= 0.6 is 0 Å². The molecule has 0 radical (unpaired) electrons. The van der Waals surface area contributed by atoms with Crippen molar-refractivity contribution in [2.75, 3.05) is 6.61 Å². The fourth-order valence-electron chi connectivity index (χ4n) is 3.94. The smallest absolute Gasteiger partial charge is 0.261 e. The van der Waals surface area contributed by atoms with Crippen molar-refractivity contribution in [3.63, 3.8) is 0 Å². The standard InChI is InChI=1S/C31H30OSi/c1-31(2,3)33(29-23-15-10-16-24-29,30-25-17-11-18-26-30)32-27-19-8-6-4-5-7-12-20-28-21-13-9-14-22-28/h9-11,13-18,21-26H,8,19,27H2,1-3H3. The average molecular weight is 447 g/mol. The Morgan fingerprint density at radius 3 is 1.73 bits per heavy atom. The van der Waals surface area contributed by atoms with E-state index in [1.54, 1.807) is 0 Å². The molecule has 0 saturated carbocycles. The van der Waals surface area contributed by atoms with Crippen molar-refractivity contribution in [1.82, 2.24) is 0 Å². The summed E-state index contributed by atoms with van der Waals surface area (Å²) in [4.78, 5) is 0. The number of hydrogen-bond donors (Lipinski definition) is 0. The van der Waals surface area contributed by atoms with E-state index in [1.807, 2.05) is 30.3 Å². The maximum absolute atomic E-state index is 6.87. The Balaban J connectivity index is 1.66. The van der Waals surface area contributed by atoms with Crippen molar-refractivity contribution in [3.05, 3.63) is 96.6 Å². The molecule has 0 aliphatic rings. The van der Waals surface area contributed by atoms with E-state index in [9.17, 15) is 0 Å². The van der Waals surface area contributed by atoms with E-state index in [4.69, 9.17) is 4.43 Å². The van der Waals surface area contributed by atoms with Gasteiger partial charge >= 0.3 is 0 Å². The van der Waals surface area contributed by atoms with Gasteiger partial charge in [0, 0.05) is 18.6 Å². The molecule has 0 unspecified atom stereocenters. The number of benzene rings is 3. The second-order valence-electron chi connectivity index (χ2n) is 8.78. The monoisotopic (exact) mass is 446 g/mol. The first kappa shape index (κ1) is 24.2. The lowest BCUT2D eigenvalue weighted by molar-refractivity contribution is 0.293. The van der Waals surface area contributed by atoms with Crippen LogP contribution in [0.25, 0.3) is 0 Å². The maximum atomic E-state index is 6.87. The molecule has 0 heterocycles. The topological polar surface area (TPSA) is 9.23 Å². The molecule has 0 saturated heterocycles. The van der Waals surface area contributed by atoms with Gasteiger partial charge in [0.05, 0.1) is 0 Å². The summed E-state index contributed by atoms with van der Waals surface area (Å²) in [5, 5.41) is 2.60. The van der Waals surface area contributed by atoms with Gasteiger partial charge in [-0.1, -0.05) is 111 Å². The molecule has 0 atom stereocenters. The molecule has 0 amide bonds. The van der Waals surface area contributed by atoms with Crippen LogP contribution in [-0.4, -0.2) is 14.9 Å². The Labute approximate surface area is 200 Å². The molecule has 3 aromatic carbocycles. The zero-order valence-electron chi connectivity index (χ0n) is 19.7. The number of hydrogen-bond acceptors (Lipinski definition) is 1. The summed E-state index contributed by atoms with van der Waals surface area (Å²) >= 11 is 0. The van der Waals surface area contributed by atoms with E-state index in [2.05, 4.69) is 117 Å². The van der Waals surface area contributed by atoms with Crippen molar-refractivity contribution in [1.29, 1.82) is 0 Å². The normalized spacial score (nSPS) is 10.6. The molecule has 33 heavy (non-hydrogen) atoms. The molecule has 0 fully saturated rings. The highest BCUT2D eigenvalue weighted by atomic mass is 28.4. The maximum Gasteiger partial charge on any atom is 0.261 e. The lowest BCUT2D eigenvalue weighted by Crippen LogP contribution is -2.66. The molecule has 0 aliphatic carbocycles. The van der Waals surface area contributed by atoms with Gasteiger partial charge in [-0.3, -0.25) is 0 Å². The van der Waals surface area contributed by atoms with E-state index >= 15 is 0 Å². The molecule has 1 nitrogen and oxygen atoms in total. The highest BCUT2D eigenvalue weighted by molar-refractivity contribution is 6.99. The van der Waals surface area contributed by atoms with Crippen LogP contribution in [0.3, 0.4) is 0 Å². The van der Waals surface area contributed by atoms with Crippen LogP contribution in [-0.2, 0) is 4.43 Å². The molecule has 3 aromatic rings. The van der Waals surface area contributed by atoms with Gasteiger partial charge in [-0.25, -0.2) is 0 Å². The summed E-state index contributed by atoms with van der Waals surface area (Å²) in [7, 11) is -2.46. The Morgan fingerprint density at radius 1 is 0.667 bits per heavy atom. The van der Waals surface area contributed by atoms with Gasteiger partial charge in [0.1, 0.15) is 0 Å². The van der Waals surface area contributed by atoms with E-state index in [-0.39, 0.29) is 5.04 Å². The average Bonchev–Trinajstić information content (AvgIpc) is 2.84. The fourth-order valence-corrected chi connectivity index (χ4v) is 8.55. The molecule has 2 heteroatoms. The fraction of sp³-hybridized carbons (Fsp3) is 0.226. The van der Waals surface area contributed by atoms with Crippen LogP contribution in [0.2, 0.25) is 5.04 Å². The summed E-state index contributed by atoms with van der Waals surface area (Å²) in [6.07, 6.45) is 1.62. The Morgan fingerprint density at radius 2 is 1.18 bits per heavy atom. The van der Waals surface area contributed by atoms with Gasteiger partial charge in [0.2, 0.25) is 0 Å². The third-order valence-corrected chi connectivity index (χ3v) is 10.5. The quantitative estimate of drug-likeness (QED) is 0.280. The van der Waals surface area contributed by atoms with E-state index in [0.29, 0.717) is 6.61 Å². The summed E-state index contributed by atoms with van der Waals surface area (Å²) in [5.74, 6) is 17.5. The van der Waals surface area contributed by atoms with Crippen LogP contribution in [0.4, 0.5) is 0 Å². The SMILES string of the molecule is CC(C)(C)[Si](OCCCC#CC#CC#Cc1ccccc1)(c1ccccc1)c1ccccc1. The minimum absolute atomic E-state index is 0.00964. The first-order valence-electron chi connectivity index (χ1n) is 11.3. The van der Waals surface area contributed by atoms with Crippen molar-refractivity contribution >= 4 is 18.7 Å². The Bertz CT molecular complexity index is 1150. The van der Waals surface area contributed by atoms with Crippen LogP contribution in [0.1, 0.15) is 39.2 Å². The van der Waals surface area contributed by atoms with Crippen LogP contribution in [0.15, 0.2) is 91.0 Å². The predicted molar refractivity (Wildman–Crippen MR) is 142 cm³/mol. The summed E-state index contributed by atoms with van der Waals surface area (Å²) in [6, 6.07) is 31.3. The minimum atomic E-state index is -2.46. The van der Waals surface area contributed by atoms with Gasteiger partial charge in [0.15, 0.2) is 0 Å². The summed E-state index contributed by atoms with van der Waals surface area (Å²) in [5.41, 5.74) is 0.959. The van der Waals surface area contributed by atoms with E-state index < -0.39 is 8.32 Å². The second kappa shape index (κ2) is 11.9. The summed E-state index contributed by atoms with van der Waals surface area (Å²) in [6.45, 7) is 7.56. The van der Waals surface area contributed by atoms with Gasteiger partial charge in [0.25, 0.3) is 8.32 Å². The van der Waals surface area contributed by atoms with Crippen molar-refractivity contribution in [2.45, 2.75) is 38.7 Å². The minimum Gasteiger partial charge on any atom is -0.407 e. The molecular formula is C31H30OSi. The molecule has 0 N–H and O–H groups in total. The van der Waals surface area contributed by atoms with Crippen molar-refractivity contribution in [3.8, 4) is 35.5 Å². The molecule has 3 rings (SSSR count). The van der Waals surface area contributed by atoms with Gasteiger partial charge in [-0.2, -0.15) is 0 Å². The van der Waals surface area contributed by atoms with E-state index in [0.717, 1.165) is 18.4 Å². The number of rotatable bonds is 6. The third kappa shape index (κ3) is 6.51. The van der Waals surface area contributed by atoms with Crippen molar-refractivity contribution < 1.29 is 4.43 Å². The third-order valence-electron chi connectivity index (χ3n) is 5.44. The first-order valence-corrected chi connectivity index (χ1v) is 13.2. The molecule has 164 valence electrons. The zero-order chi connectivity index (χ0) is 23.4. The zero-order valence-corrected chi connectivity index (χ0v) is 20.7. The Hall–Kier alpha value is -3.48. The van der Waals surface area contributed by atoms with Crippen LogP contribution in [0.5, 0.6) is 0 Å². The molecule has 0 aromatic heterocycles. The molecular weight excluding hydrogens is 416 g/mol. The predicted octanol–water partition coefficient (Wildman–Crippen LogP) is 5.40. The van der Waals surface area contributed by atoms with Crippen molar-refractivity contribution in [2.24, 2.45) is 0 Å². The van der Waals surface area contributed by atoms with Crippen LogP contribution in [0, 0.1) is 35.5 Å². The van der Waals surface area contributed by atoms with E-state index in [1.165, 1.54) is 10.4 Å². The molecule has 0 bridgehead atoms. The molecule has 0 spiro atoms. The highest BCUT2D eigenvalue weighted by Gasteiger charge is 2.49. The Kier molecular flexibility index (Phi) is 8.75. The highest BCUT2D eigenvalue weighted by Crippen LogP contribution is 2.36. The lowest BCUT2D eigenvalue weighted by atomic mass is 10.2. The van der Waals surface area contributed by atoms with Gasteiger partial charge in [-0.05, 0) is 57.6 Å². The molecule has 0 aliphatic heterocycles. The first-order chi connectivity index (χ1) is 16.0. The van der Waals surface area contributed by atoms with Crippen LogP contribution < -0.4 is 10.4 Å². The van der Waals surface area contributed by atoms with Gasteiger partial charge in [-0.15, -0.1) is 0 Å². The van der Waals surface area contributed by atoms with Gasteiger partial charge < -0.3 is 4.43 Å². The summed E-state index contributed by atoms with van der Waals surface area (Å²) < 4.78 is 6.87. The number of unbranched alkanes of at least 4 members (excludes halogenated alkanes) is 1. The largest absolute Gasteiger partial charge is 0.407 e. The lowest BCUT2D eigenvalue weighted by Gasteiger charge is -2.43. The second-order valence-corrected chi connectivity index (χ2v) is 13.1.